The monoisotopic (exact) mass is 347 g/mol. The number of allylic oxidation sites excluding steroid dienone is 2. The van der Waals surface area contributed by atoms with E-state index in [2.05, 4.69) is 17.5 Å². The van der Waals surface area contributed by atoms with Gasteiger partial charge >= 0.3 is 0 Å². The van der Waals surface area contributed by atoms with E-state index in [1.807, 2.05) is 60.7 Å². The number of nitriles is 1. The summed E-state index contributed by atoms with van der Waals surface area (Å²) in [4.78, 5) is 11.2. The van der Waals surface area contributed by atoms with E-state index in [1.54, 1.807) is 0 Å². The van der Waals surface area contributed by atoms with Gasteiger partial charge in [-0.25, -0.2) is 0 Å². The van der Waals surface area contributed by atoms with Gasteiger partial charge in [0.05, 0.1) is 22.4 Å². The lowest BCUT2D eigenvalue weighted by Gasteiger charge is -2.26. The smallest absolute Gasteiger partial charge is 0.227 e. The summed E-state index contributed by atoms with van der Waals surface area (Å²) in [6.07, 6.45) is 2.05. The fourth-order valence-corrected chi connectivity index (χ4v) is 3.51. The summed E-state index contributed by atoms with van der Waals surface area (Å²) >= 11 is 1.27. The Kier molecular flexibility index (Phi) is 5.22. The number of hydrogen-bond acceptors (Lipinski definition) is 4. The van der Waals surface area contributed by atoms with Crippen molar-refractivity contribution in [1.29, 1.82) is 5.26 Å². The maximum Gasteiger partial charge on any atom is 0.227 e. The first-order valence-electron chi connectivity index (χ1n) is 7.83. The molecule has 0 saturated carbocycles. The molecule has 1 atom stereocenters. The SMILES string of the molecule is N#CC1=C(SCC(N)=O)NC(c2ccccc2)=CC1c1ccccc1. The van der Waals surface area contributed by atoms with E-state index in [4.69, 9.17) is 5.73 Å². The molecular weight excluding hydrogens is 330 g/mol. The first-order chi connectivity index (χ1) is 12.2. The molecular formula is C20H17N3OS. The van der Waals surface area contributed by atoms with E-state index in [1.165, 1.54) is 11.8 Å². The van der Waals surface area contributed by atoms with Crippen LogP contribution in [0.5, 0.6) is 0 Å². The van der Waals surface area contributed by atoms with Gasteiger partial charge in [0.15, 0.2) is 0 Å². The molecule has 0 saturated heterocycles. The average Bonchev–Trinajstić information content (AvgIpc) is 2.67. The molecule has 0 aromatic heterocycles. The van der Waals surface area contributed by atoms with Crippen LogP contribution in [0.3, 0.4) is 0 Å². The predicted molar refractivity (Wildman–Crippen MR) is 101 cm³/mol. The summed E-state index contributed by atoms with van der Waals surface area (Å²) in [5.41, 5.74) is 8.85. The fraction of sp³-hybridized carbons (Fsp3) is 0.100. The molecule has 0 aliphatic carbocycles. The first kappa shape index (κ1) is 16.9. The quantitative estimate of drug-likeness (QED) is 0.869. The molecule has 5 heteroatoms. The average molecular weight is 347 g/mol. The van der Waals surface area contributed by atoms with Crippen LogP contribution in [0.2, 0.25) is 0 Å². The number of dihydropyridines is 1. The van der Waals surface area contributed by atoms with Crippen LogP contribution in [0.15, 0.2) is 77.3 Å². The highest BCUT2D eigenvalue weighted by molar-refractivity contribution is 8.03. The second-order valence-corrected chi connectivity index (χ2v) is 6.55. The highest BCUT2D eigenvalue weighted by Crippen LogP contribution is 2.37. The van der Waals surface area contributed by atoms with Crippen molar-refractivity contribution in [2.45, 2.75) is 5.92 Å². The van der Waals surface area contributed by atoms with Crippen molar-refractivity contribution in [2.75, 3.05) is 5.75 Å². The van der Waals surface area contributed by atoms with Gasteiger partial charge in [0.1, 0.15) is 0 Å². The minimum Gasteiger partial charge on any atom is -0.369 e. The lowest BCUT2D eigenvalue weighted by molar-refractivity contribution is -0.115. The summed E-state index contributed by atoms with van der Waals surface area (Å²) < 4.78 is 0. The molecule has 3 N–H and O–H groups in total. The van der Waals surface area contributed by atoms with E-state index in [-0.39, 0.29) is 11.7 Å². The highest BCUT2D eigenvalue weighted by Gasteiger charge is 2.25. The molecule has 0 spiro atoms. The van der Waals surface area contributed by atoms with Crippen molar-refractivity contribution < 1.29 is 4.79 Å². The van der Waals surface area contributed by atoms with Crippen LogP contribution in [0.4, 0.5) is 0 Å². The zero-order chi connectivity index (χ0) is 17.6. The Balaban J connectivity index is 2.05. The van der Waals surface area contributed by atoms with Gasteiger partial charge in [0.2, 0.25) is 5.91 Å². The number of nitrogens with one attached hydrogen (secondary N) is 1. The van der Waals surface area contributed by atoms with E-state index in [0.717, 1.165) is 16.8 Å². The second-order valence-electron chi connectivity index (χ2n) is 5.57. The molecule has 3 rings (SSSR count). The van der Waals surface area contributed by atoms with E-state index >= 15 is 0 Å². The summed E-state index contributed by atoms with van der Waals surface area (Å²) in [5.74, 6) is -0.460. The molecule has 25 heavy (non-hydrogen) atoms. The lowest BCUT2D eigenvalue weighted by Crippen LogP contribution is -2.22. The molecule has 1 unspecified atom stereocenters. The molecule has 1 amide bonds. The summed E-state index contributed by atoms with van der Waals surface area (Å²) in [6.45, 7) is 0. The number of nitrogens with zero attached hydrogens (tertiary/aromatic N) is 1. The molecule has 1 aliphatic rings. The molecule has 4 nitrogen and oxygen atoms in total. The van der Waals surface area contributed by atoms with Crippen LogP contribution in [0, 0.1) is 11.3 Å². The van der Waals surface area contributed by atoms with Gasteiger partial charge in [0.25, 0.3) is 0 Å². The number of nitrogens with two attached hydrogens (primary N) is 1. The number of thioether (sulfide) groups is 1. The van der Waals surface area contributed by atoms with Crippen molar-refractivity contribution in [3.63, 3.8) is 0 Å². The van der Waals surface area contributed by atoms with Gasteiger partial charge in [-0.05, 0) is 17.2 Å². The van der Waals surface area contributed by atoms with Crippen LogP contribution >= 0.6 is 11.8 Å². The Morgan fingerprint density at radius 2 is 1.76 bits per heavy atom. The number of carbonyl (C=O) groups is 1. The molecule has 2 aromatic carbocycles. The third-order valence-electron chi connectivity index (χ3n) is 3.86. The van der Waals surface area contributed by atoms with Crippen LogP contribution in [0.25, 0.3) is 5.70 Å². The number of carbonyl (C=O) groups excluding carboxylic acids is 1. The normalized spacial score (nSPS) is 16.6. The summed E-state index contributed by atoms with van der Waals surface area (Å²) in [6, 6.07) is 22.1. The van der Waals surface area contributed by atoms with Crippen molar-refractivity contribution in [3.8, 4) is 6.07 Å². The summed E-state index contributed by atoms with van der Waals surface area (Å²) in [7, 11) is 0. The van der Waals surface area contributed by atoms with Crippen molar-refractivity contribution in [1.82, 2.24) is 5.32 Å². The molecule has 0 fully saturated rings. The van der Waals surface area contributed by atoms with Crippen LogP contribution < -0.4 is 11.1 Å². The fourth-order valence-electron chi connectivity index (χ4n) is 2.71. The number of amides is 1. The zero-order valence-corrected chi connectivity index (χ0v) is 14.3. The molecule has 2 aromatic rings. The maximum atomic E-state index is 11.2. The molecule has 0 bridgehead atoms. The Bertz CT molecular complexity index is 867. The Morgan fingerprint density at radius 3 is 2.36 bits per heavy atom. The second kappa shape index (κ2) is 7.73. The highest BCUT2D eigenvalue weighted by atomic mass is 32.2. The number of benzene rings is 2. The number of primary amides is 1. The minimum absolute atomic E-state index is 0.122. The summed E-state index contributed by atoms with van der Waals surface area (Å²) in [5, 5.41) is 13.7. The zero-order valence-electron chi connectivity index (χ0n) is 13.5. The largest absolute Gasteiger partial charge is 0.369 e. The van der Waals surface area contributed by atoms with Crippen LogP contribution in [0.1, 0.15) is 17.0 Å². The Hall–Kier alpha value is -2.97. The molecule has 1 heterocycles. The van der Waals surface area contributed by atoms with Crippen LogP contribution in [-0.2, 0) is 4.79 Å². The number of hydrogen-bond donors (Lipinski definition) is 2. The molecule has 1 aliphatic heterocycles. The van der Waals surface area contributed by atoms with Gasteiger partial charge in [-0.2, -0.15) is 5.26 Å². The molecule has 124 valence electrons. The van der Waals surface area contributed by atoms with Gasteiger partial charge in [-0.15, -0.1) is 0 Å². The van der Waals surface area contributed by atoms with E-state index in [9.17, 15) is 10.1 Å². The van der Waals surface area contributed by atoms with E-state index in [0.29, 0.717) is 10.6 Å². The number of rotatable bonds is 5. The van der Waals surface area contributed by atoms with E-state index < -0.39 is 5.91 Å². The third-order valence-corrected chi connectivity index (χ3v) is 4.90. The third kappa shape index (κ3) is 3.93. The van der Waals surface area contributed by atoms with Crippen molar-refractivity contribution in [2.24, 2.45) is 5.73 Å². The van der Waals surface area contributed by atoms with Gasteiger partial charge in [-0.1, -0.05) is 72.4 Å². The minimum atomic E-state index is -0.413. The first-order valence-corrected chi connectivity index (χ1v) is 8.82. The van der Waals surface area contributed by atoms with Gasteiger partial charge < -0.3 is 11.1 Å². The van der Waals surface area contributed by atoms with Gasteiger partial charge in [-0.3, -0.25) is 4.79 Å². The van der Waals surface area contributed by atoms with Crippen molar-refractivity contribution in [3.05, 3.63) is 88.5 Å². The van der Waals surface area contributed by atoms with Crippen molar-refractivity contribution >= 4 is 23.4 Å². The lowest BCUT2D eigenvalue weighted by atomic mass is 9.88. The predicted octanol–water partition coefficient (Wildman–Crippen LogP) is 3.37. The standard InChI is InChI=1S/C20H17N3OS/c21-12-17-16(14-7-3-1-4-8-14)11-18(15-9-5-2-6-10-15)23-20(17)25-13-19(22)24/h1-11,16,23H,13H2,(H2,22,24). The Morgan fingerprint density at radius 1 is 1.12 bits per heavy atom. The maximum absolute atomic E-state index is 11.2. The topological polar surface area (TPSA) is 78.9 Å². The Labute approximate surface area is 151 Å². The van der Waals surface area contributed by atoms with Crippen LogP contribution in [-0.4, -0.2) is 11.7 Å². The van der Waals surface area contributed by atoms with Gasteiger partial charge in [0, 0.05) is 11.6 Å². The molecule has 0 radical (unpaired) electrons.